The van der Waals surface area contributed by atoms with Crippen molar-refractivity contribution < 1.29 is 18.3 Å². The molecule has 0 saturated heterocycles. The fourth-order valence-electron chi connectivity index (χ4n) is 1.90. The average molecular weight is 307 g/mol. The van der Waals surface area contributed by atoms with Gasteiger partial charge in [0, 0.05) is 14.1 Å². The van der Waals surface area contributed by atoms with Gasteiger partial charge in [-0.1, -0.05) is 18.2 Å². The third kappa shape index (κ3) is 3.01. The number of nitrogens with zero attached hydrogens (tertiary/aromatic N) is 1. The van der Waals surface area contributed by atoms with E-state index in [4.69, 9.17) is 4.74 Å². The van der Waals surface area contributed by atoms with Gasteiger partial charge >= 0.3 is 0 Å². The zero-order valence-electron chi connectivity index (χ0n) is 12.1. The van der Waals surface area contributed by atoms with Gasteiger partial charge in [0.05, 0.1) is 12.0 Å². The summed E-state index contributed by atoms with van der Waals surface area (Å²) in [5, 5.41) is 9.61. The van der Waals surface area contributed by atoms with Crippen LogP contribution in [0.2, 0.25) is 0 Å². The summed E-state index contributed by atoms with van der Waals surface area (Å²) in [6, 6.07) is 11.5. The molecule has 5 nitrogen and oxygen atoms in total. The molecule has 0 saturated carbocycles. The first kappa shape index (κ1) is 15.3. The molecule has 0 amide bonds. The van der Waals surface area contributed by atoms with Crippen molar-refractivity contribution in [3.8, 4) is 22.6 Å². The van der Waals surface area contributed by atoms with E-state index in [-0.39, 0.29) is 10.6 Å². The summed E-state index contributed by atoms with van der Waals surface area (Å²) in [4.78, 5) is 0.219. The van der Waals surface area contributed by atoms with Crippen LogP contribution in [0.1, 0.15) is 0 Å². The van der Waals surface area contributed by atoms with Crippen molar-refractivity contribution in [2.75, 3.05) is 21.2 Å². The van der Waals surface area contributed by atoms with Crippen molar-refractivity contribution in [2.24, 2.45) is 0 Å². The van der Waals surface area contributed by atoms with E-state index in [0.29, 0.717) is 5.75 Å². The van der Waals surface area contributed by atoms with Gasteiger partial charge in [0.25, 0.3) is 0 Å². The van der Waals surface area contributed by atoms with Crippen molar-refractivity contribution in [3.63, 3.8) is 0 Å². The highest BCUT2D eigenvalue weighted by molar-refractivity contribution is 7.89. The highest BCUT2D eigenvalue weighted by atomic mass is 32.2. The molecule has 0 fully saturated rings. The van der Waals surface area contributed by atoms with Crippen molar-refractivity contribution in [1.82, 2.24) is 4.31 Å². The number of phenols is 1. The normalized spacial score (nSPS) is 11.6. The molecule has 0 radical (unpaired) electrons. The molecule has 21 heavy (non-hydrogen) atoms. The lowest BCUT2D eigenvalue weighted by atomic mass is 10.1. The number of phenolic OH excluding ortho intramolecular Hbond substituents is 1. The van der Waals surface area contributed by atoms with E-state index < -0.39 is 10.0 Å². The Labute approximate surface area is 124 Å². The van der Waals surface area contributed by atoms with Crippen LogP contribution in [-0.4, -0.2) is 39.0 Å². The highest BCUT2D eigenvalue weighted by Crippen LogP contribution is 2.32. The van der Waals surface area contributed by atoms with Gasteiger partial charge < -0.3 is 9.84 Å². The van der Waals surface area contributed by atoms with Crippen LogP contribution in [0.3, 0.4) is 0 Å². The average Bonchev–Trinajstić information content (AvgIpc) is 2.47. The molecular formula is C15H17NO4S. The van der Waals surface area contributed by atoms with Crippen molar-refractivity contribution in [3.05, 3.63) is 42.5 Å². The van der Waals surface area contributed by atoms with E-state index >= 15 is 0 Å². The minimum atomic E-state index is -3.48. The molecule has 0 aromatic heterocycles. The number of aromatic hydroxyl groups is 1. The summed E-state index contributed by atoms with van der Waals surface area (Å²) in [7, 11) is 0.969. The van der Waals surface area contributed by atoms with Crippen molar-refractivity contribution in [1.29, 1.82) is 0 Å². The minimum Gasteiger partial charge on any atom is -0.504 e. The van der Waals surface area contributed by atoms with Crippen LogP contribution < -0.4 is 4.74 Å². The second kappa shape index (κ2) is 5.75. The monoisotopic (exact) mass is 307 g/mol. The molecule has 0 heterocycles. The molecule has 0 bridgehead atoms. The summed E-state index contributed by atoms with van der Waals surface area (Å²) in [6.45, 7) is 0. The van der Waals surface area contributed by atoms with E-state index in [9.17, 15) is 13.5 Å². The summed E-state index contributed by atoms with van der Waals surface area (Å²) in [5.74, 6) is 0.381. The highest BCUT2D eigenvalue weighted by Gasteiger charge is 2.17. The van der Waals surface area contributed by atoms with Crippen LogP contribution in [0, 0.1) is 0 Å². The molecule has 1 N–H and O–H groups in total. The maximum absolute atomic E-state index is 12.2. The zero-order valence-corrected chi connectivity index (χ0v) is 12.9. The second-order valence-electron chi connectivity index (χ2n) is 4.70. The zero-order chi connectivity index (χ0) is 15.6. The quantitative estimate of drug-likeness (QED) is 0.941. The number of sulfonamides is 1. The SMILES string of the molecule is COc1cc(-c2cccc(S(=O)(=O)N(C)C)c2)ccc1O. The number of methoxy groups -OCH3 is 1. The standard InChI is InChI=1S/C15H17NO4S/c1-16(2)21(18,19)13-6-4-5-11(9-13)12-7-8-14(17)15(10-12)20-3/h4-10,17H,1-3H3. The maximum Gasteiger partial charge on any atom is 0.242 e. The van der Waals surface area contributed by atoms with Crippen LogP contribution in [-0.2, 0) is 10.0 Å². The predicted molar refractivity (Wildman–Crippen MR) is 81.0 cm³/mol. The van der Waals surface area contributed by atoms with E-state index in [1.807, 2.05) is 0 Å². The molecule has 0 aliphatic heterocycles. The number of ether oxygens (including phenoxy) is 1. The Hall–Kier alpha value is -2.05. The summed E-state index contributed by atoms with van der Waals surface area (Å²) < 4.78 is 30.5. The molecule has 0 unspecified atom stereocenters. The van der Waals surface area contributed by atoms with Crippen LogP contribution in [0.15, 0.2) is 47.4 Å². The molecule has 2 aromatic rings. The van der Waals surface area contributed by atoms with Crippen molar-refractivity contribution in [2.45, 2.75) is 4.90 Å². The maximum atomic E-state index is 12.2. The van der Waals surface area contributed by atoms with E-state index in [1.165, 1.54) is 31.6 Å². The Morgan fingerprint density at radius 2 is 1.71 bits per heavy atom. The van der Waals surface area contributed by atoms with E-state index in [0.717, 1.165) is 11.1 Å². The molecular weight excluding hydrogens is 290 g/mol. The Bertz CT molecular complexity index is 754. The molecule has 6 heteroatoms. The lowest BCUT2D eigenvalue weighted by Crippen LogP contribution is -2.22. The molecule has 112 valence electrons. The van der Waals surface area contributed by atoms with Gasteiger partial charge in [0.15, 0.2) is 11.5 Å². The number of hydrogen-bond acceptors (Lipinski definition) is 4. The largest absolute Gasteiger partial charge is 0.504 e. The molecule has 0 spiro atoms. The smallest absolute Gasteiger partial charge is 0.242 e. The fraction of sp³-hybridized carbons (Fsp3) is 0.200. The second-order valence-corrected chi connectivity index (χ2v) is 6.85. The third-order valence-corrected chi connectivity index (χ3v) is 4.94. The van der Waals surface area contributed by atoms with Gasteiger partial charge in [0.2, 0.25) is 10.0 Å². The van der Waals surface area contributed by atoms with Crippen LogP contribution in [0.4, 0.5) is 0 Å². The first-order valence-electron chi connectivity index (χ1n) is 6.26. The fourth-order valence-corrected chi connectivity index (χ4v) is 2.85. The number of rotatable bonds is 4. The lowest BCUT2D eigenvalue weighted by molar-refractivity contribution is 0.373. The van der Waals surface area contributed by atoms with E-state index in [2.05, 4.69) is 0 Å². The molecule has 0 atom stereocenters. The van der Waals surface area contributed by atoms with Gasteiger partial charge in [0.1, 0.15) is 0 Å². The Morgan fingerprint density at radius 3 is 2.33 bits per heavy atom. The molecule has 2 aromatic carbocycles. The van der Waals surface area contributed by atoms with Crippen LogP contribution in [0.5, 0.6) is 11.5 Å². The van der Waals surface area contributed by atoms with Gasteiger partial charge in [-0.2, -0.15) is 0 Å². The first-order valence-corrected chi connectivity index (χ1v) is 7.70. The first-order chi connectivity index (χ1) is 9.86. The Morgan fingerprint density at radius 1 is 1.05 bits per heavy atom. The predicted octanol–water partition coefficient (Wildman–Crippen LogP) is 2.32. The molecule has 2 rings (SSSR count). The van der Waals surface area contributed by atoms with Crippen LogP contribution >= 0.6 is 0 Å². The van der Waals surface area contributed by atoms with Crippen molar-refractivity contribution >= 4 is 10.0 Å². The summed E-state index contributed by atoms with van der Waals surface area (Å²) >= 11 is 0. The lowest BCUT2D eigenvalue weighted by Gasteiger charge is -2.13. The van der Waals surface area contributed by atoms with Gasteiger partial charge in [-0.15, -0.1) is 0 Å². The Kier molecular flexibility index (Phi) is 4.20. The molecule has 0 aliphatic carbocycles. The number of benzene rings is 2. The van der Waals surface area contributed by atoms with Gasteiger partial charge in [-0.05, 0) is 35.4 Å². The minimum absolute atomic E-state index is 0.0401. The Balaban J connectivity index is 2.52. The topological polar surface area (TPSA) is 66.8 Å². The number of hydrogen-bond donors (Lipinski definition) is 1. The van der Waals surface area contributed by atoms with E-state index in [1.54, 1.807) is 36.4 Å². The van der Waals surface area contributed by atoms with Gasteiger partial charge in [-0.25, -0.2) is 12.7 Å². The summed E-state index contributed by atoms with van der Waals surface area (Å²) in [5.41, 5.74) is 1.50. The summed E-state index contributed by atoms with van der Waals surface area (Å²) in [6.07, 6.45) is 0. The van der Waals surface area contributed by atoms with Gasteiger partial charge in [-0.3, -0.25) is 0 Å². The van der Waals surface area contributed by atoms with Crippen LogP contribution in [0.25, 0.3) is 11.1 Å². The third-order valence-electron chi connectivity index (χ3n) is 3.13. The molecule has 0 aliphatic rings.